The fraction of sp³-hybridized carbons (Fsp3) is 0.625. The molecule has 3 nitrogen and oxygen atoms in total. The van der Waals surface area contributed by atoms with Crippen LogP contribution in [0.15, 0.2) is 12.2 Å². The number of nitrogens with zero attached hydrogens (tertiary/aromatic N) is 1. The van der Waals surface area contributed by atoms with Crippen molar-refractivity contribution in [3.05, 3.63) is 12.2 Å². The normalized spacial score (nSPS) is 27.0. The summed E-state index contributed by atoms with van der Waals surface area (Å²) in [6.45, 7) is 0. The van der Waals surface area contributed by atoms with E-state index >= 15 is 0 Å². The Morgan fingerprint density at radius 2 is 2.50 bits per heavy atom. The molecule has 0 saturated carbocycles. The van der Waals surface area contributed by atoms with E-state index in [-0.39, 0.29) is 11.9 Å². The summed E-state index contributed by atoms with van der Waals surface area (Å²) in [4.78, 5) is 12.7. The number of rotatable bonds is 2. The number of likely N-dealkylation sites (N-methyl/N-ethyl adjacent to an activating group) is 1. The van der Waals surface area contributed by atoms with E-state index in [0.717, 1.165) is 6.42 Å². The van der Waals surface area contributed by atoms with Gasteiger partial charge in [0.05, 0.1) is 6.04 Å². The lowest BCUT2D eigenvalue weighted by Crippen LogP contribution is -2.27. The van der Waals surface area contributed by atoms with Crippen molar-refractivity contribution in [2.75, 3.05) is 7.05 Å². The summed E-state index contributed by atoms with van der Waals surface area (Å²) in [5, 5.41) is 8.75. The van der Waals surface area contributed by atoms with E-state index in [1.807, 2.05) is 0 Å². The number of hydrogen-bond donors (Lipinski definition) is 1. The highest BCUT2D eigenvalue weighted by Crippen LogP contribution is 2.17. The summed E-state index contributed by atoms with van der Waals surface area (Å²) in [5.41, 5.74) is 0. The summed E-state index contributed by atoms with van der Waals surface area (Å²) >= 11 is 0. The molecule has 1 heterocycles. The Bertz CT molecular complexity index is 203. The molecule has 0 aromatic rings. The van der Waals surface area contributed by atoms with E-state index in [2.05, 4.69) is 0 Å². The van der Waals surface area contributed by atoms with Crippen LogP contribution < -0.4 is 0 Å². The quantitative estimate of drug-likeness (QED) is 0.448. The zero-order chi connectivity index (χ0) is 9.14. The van der Waals surface area contributed by atoms with Gasteiger partial charge in [0.25, 0.3) is 0 Å². The predicted molar refractivity (Wildman–Crippen MR) is 46.7 cm³/mol. The maximum atomic E-state index is 11.0. The van der Waals surface area contributed by atoms with Crippen LogP contribution in [0.5, 0.6) is 0 Å². The third kappa shape index (κ3) is 2.11. The van der Waals surface area contributed by atoms with Crippen molar-refractivity contribution in [1.29, 1.82) is 0 Å². The van der Waals surface area contributed by atoms with Crippen molar-refractivity contribution in [3.8, 4) is 0 Å². The minimum Gasteiger partial charge on any atom is -0.399 e. The Hall–Kier alpha value is -0.765. The second-order valence-corrected chi connectivity index (χ2v) is 2.99. The number of likely N-dealkylation sites (tertiary alicyclic amines) is 1. The van der Waals surface area contributed by atoms with Gasteiger partial charge in [0.15, 0.2) is 0 Å². The van der Waals surface area contributed by atoms with Crippen LogP contribution in [-0.4, -0.2) is 42.9 Å². The third-order valence-electron chi connectivity index (χ3n) is 2.08. The van der Waals surface area contributed by atoms with Gasteiger partial charge in [-0.2, -0.15) is 0 Å². The Morgan fingerprint density at radius 3 is 2.92 bits per heavy atom. The molecule has 1 fully saturated rings. The lowest BCUT2D eigenvalue weighted by atomic mass is 9.99. The molecule has 1 saturated heterocycles. The van der Waals surface area contributed by atoms with Gasteiger partial charge in [-0.15, -0.1) is 0 Å². The fourth-order valence-corrected chi connectivity index (χ4v) is 1.29. The van der Waals surface area contributed by atoms with Crippen molar-refractivity contribution in [1.82, 2.24) is 4.90 Å². The van der Waals surface area contributed by atoms with E-state index in [9.17, 15) is 4.79 Å². The van der Waals surface area contributed by atoms with E-state index in [0.29, 0.717) is 6.42 Å². The number of aliphatic hydroxyl groups excluding tert-OH is 1. The van der Waals surface area contributed by atoms with Gasteiger partial charge in [0.2, 0.25) is 5.91 Å². The molecule has 64 valence electrons. The summed E-state index contributed by atoms with van der Waals surface area (Å²) in [6.07, 6.45) is 4.68. The molecular weight excluding hydrogens is 153 g/mol. The van der Waals surface area contributed by atoms with Crippen molar-refractivity contribution >= 4 is 13.8 Å². The van der Waals surface area contributed by atoms with Crippen LogP contribution in [0, 0.1) is 0 Å². The monoisotopic (exact) mass is 165 g/mol. The number of aliphatic hydroxyl groups is 1. The third-order valence-corrected chi connectivity index (χ3v) is 2.08. The van der Waals surface area contributed by atoms with Crippen molar-refractivity contribution in [2.45, 2.75) is 24.9 Å². The van der Waals surface area contributed by atoms with Gasteiger partial charge >= 0.3 is 0 Å². The van der Waals surface area contributed by atoms with Gasteiger partial charge in [0.1, 0.15) is 7.85 Å². The maximum absolute atomic E-state index is 11.0. The van der Waals surface area contributed by atoms with Crippen LogP contribution in [0.25, 0.3) is 0 Å². The van der Waals surface area contributed by atoms with E-state index in [1.165, 1.54) is 6.08 Å². The van der Waals surface area contributed by atoms with E-state index in [1.54, 1.807) is 18.0 Å². The fourth-order valence-electron chi connectivity index (χ4n) is 1.29. The Balaban J connectivity index is 2.49. The highest BCUT2D eigenvalue weighted by atomic mass is 16.3. The Labute approximate surface area is 73.5 Å². The summed E-state index contributed by atoms with van der Waals surface area (Å²) in [6, 6.07) is -0.815. The second-order valence-electron chi connectivity index (χ2n) is 2.99. The number of hydrogen-bond acceptors (Lipinski definition) is 2. The summed E-state index contributed by atoms with van der Waals surface area (Å²) in [5.74, 6) is 0.149. The van der Waals surface area contributed by atoms with Gasteiger partial charge < -0.3 is 10.0 Å². The molecular formula is C8H12BNO2. The average Bonchev–Trinajstić information content (AvgIpc) is 2.30. The minimum absolute atomic E-state index is 0.107. The molecule has 1 rings (SSSR count). The molecule has 1 aliphatic heterocycles. The first kappa shape index (κ1) is 9.32. The van der Waals surface area contributed by atoms with Crippen LogP contribution in [-0.2, 0) is 4.79 Å². The molecule has 1 N–H and O–H groups in total. The summed E-state index contributed by atoms with van der Waals surface area (Å²) < 4.78 is 0. The highest BCUT2D eigenvalue weighted by Gasteiger charge is 2.24. The second kappa shape index (κ2) is 3.76. The first-order valence-electron chi connectivity index (χ1n) is 3.99. The zero-order valence-electron chi connectivity index (χ0n) is 7.10. The van der Waals surface area contributed by atoms with Gasteiger partial charge in [-0.3, -0.25) is 4.79 Å². The maximum Gasteiger partial charge on any atom is 0.222 e. The number of carbonyl (C=O) groups excluding carboxylic acids is 1. The number of carbonyl (C=O) groups is 1. The molecule has 1 amide bonds. The van der Waals surface area contributed by atoms with Gasteiger partial charge in [-0.05, 0) is 6.42 Å². The molecule has 0 bridgehead atoms. The highest BCUT2D eigenvalue weighted by molar-refractivity contribution is 6.12. The molecule has 0 spiro atoms. The van der Waals surface area contributed by atoms with Crippen LogP contribution >= 0.6 is 0 Å². The molecule has 2 atom stereocenters. The molecule has 1 aliphatic rings. The topological polar surface area (TPSA) is 40.5 Å². The van der Waals surface area contributed by atoms with Gasteiger partial charge in [0, 0.05) is 19.5 Å². The largest absolute Gasteiger partial charge is 0.399 e. The molecule has 1 unspecified atom stereocenters. The minimum atomic E-state index is -0.922. The van der Waals surface area contributed by atoms with Crippen LogP contribution in [0.2, 0.25) is 0 Å². The van der Waals surface area contributed by atoms with Gasteiger partial charge in [-0.1, -0.05) is 12.2 Å². The molecule has 0 aromatic heterocycles. The smallest absolute Gasteiger partial charge is 0.222 e. The van der Waals surface area contributed by atoms with Crippen molar-refractivity contribution < 1.29 is 9.90 Å². The molecule has 0 aromatic carbocycles. The van der Waals surface area contributed by atoms with Crippen LogP contribution in [0.1, 0.15) is 12.8 Å². The SMILES string of the molecule is [B]C(O)/C=C/[C@H]1CCC(=O)N1C. The molecule has 0 aliphatic carbocycles. The standard InChI is InChI=1S/C8H12BNO2/c1-10-6(2-4-7(9)11)3-5-8(10)12/h2,4,6-7,11H,3,5H2,1H3/b4-2+/t6-,7?/m0/s1. The van der Waals surface area contributed by atoms with Gasteiger partial charge in [-0.25, -0.2) is 0 Å². The number of amides is 1. The van der Waals surface area contributed by atoms with E-state index < -0.39 is 6.00 Å². The molecule has 2 radical (unpaired) electrons. The van der Waals surface area contributed by atoms with Crippen molar-refractivity contribution in [2.24, 2.45) is 0 Å². The Kier molecular flexibility index (Phi) is 2.92. The molecule has 12 heavy (non-hydrogen) atoms. The van der Waals surface area contributed by atoms with Crippen LogP contribution in [0.3, 0.4) is 0 Å². The summed E-state index contributed by atoms with van der Waals surface area (Å²) in [7, 11) is 6.87. The van der Waals surface area contributed by atoms with E-state index in [4.69, 9.17) is 13.0 Å². The predicted octanol–water partition coefficient (Wildman–Crippen LogP) is -0.350. The lowest BCUT2D eigenvalue weighted by Gasteiger charge is -2.15. The van der Waals surface area contributed by atoms with Crippen LogP contribution in [0.4, 0.5) is 0 Å². The lowest BCUT2D eigenvalue weighted by molar-refractivity contribution is -0.127. The first-order valence-corrected chi connectivity index (χ1v) is 3.99. The first-order chi connectivity index (χ1) is 5.61. The van der Waals surface area contributed by atoms with Crippen molar-refractivity contribution in [3.63, 3.8) is 0 Å². The molecule has 4 heteroatoms. The Morgan fingerprint density at radius 1 is 1.83 bits per heavy atom. The zero-order valence-corrected chi connectivity index (χ0v) is 7.10. The average molecular weight is 165 g/mol.